The largest absolute Gasteiger partial charge is 0.353 e. The summed E-state index contributed by atoms with van der Waals surface area (Å²) in [4.78, 5) is 36.4. The molecule has 0 aliphatic heterocycles. The van der Waals surface area contributed by atoms with Gasteiger partial charge < -0.3 is 5.32 Å². The number of amides is 1. The van der Waals surface area contributed by atoms with Crippen LogP contribution in [-0.4, -0.2) is 37.2 Å². The second-order valence-electron chi connectivity index (χ2n) is 4.92. The number of aryl methyl sites for hydroxylation is 1. The predicted octanol–water partition coefficient (Wildman–Crippen LogP) is 0.649. The van der Waals surface area contributed by atoms with Gasteiger partial charge in [0.1, 0.15) is 11.2 Å². The first-order valence-corrected chi connectivity index (χ1v) is 7.49. The van der Waals surface area contributed by atoms with Crippen LogP contribution in [0, 0.1) is 6.92 Å². The molecule has 0 aliphatic carbocycles. The monoisotopic (exact) mass is 307 g/mol. The average Bonchev–Trinajstić information content (AvgIpc) is 2.40. The van der Waals surface area contributed by atoms with Crippen molar-refractivity contribution >= 4 is 28.7 Å². The third kappa shape index (κ3) is 3.57. The van der Waals surface area contributed by atoms with E-state index in [1.165, 1.54) is 22.5 Å². The minimum Gasteiger partial charge on any atom is -0.353 e. The van der Waals surface area contributed by atoms with Crippen LogP contribution in [0.2, 0.25) is 0 Å². The van der Waals surface area contributed by atoms with Crippen LogP contribution in [0.4, 0.5) is 0 Å². The lowest BCUT2D eigenvalue weighted by atomic mass is 10.4. The van der Waals surface area contributed by atoms with Crippen LogP contribution in [0.25, 0.3) is 11.0 Å². The normalized spacial score (nSPS) is 11.1. The molecule has 0 saturated heterocycles. The van der Waals surface area contributed by atoms with Gasteiger partial charge in [-0.15, -0.1) is 0 Å². The molecule has 2 aromatic heterocycles. The van der Waals surface area contributed by atoms with Gasteiger partial charge in [0.25, 0.3) is 5.56 Å². The maximum absolute atomic E-state index is 12.2. The zero-order chi connectivity index (χ0) is 15.6. The molecule has 0 unspecified atom stereocenters. The maximum Gasteiger partial charge on any atom is 0.264 e. The Morgan fingerprint density at radius 1 is 1.43 bits per heavy atom. The minimum absolute atomic E-state index is 0.0851. The number of nitrogens with one attached hydrogen (secondary N) is 1. The standard InChI is InChI=1S/C13H17N5O2S/c1-7(2)15-10(19)6-21-13-17-11-9(12(20)18(13)4)5-14-8(3)16-11/h5,7H,6H2,1-4H3,(H,15,19). The van der Waals surface area contributed by atoms with Crippen LogP contribution in [0.15, 0.2) is 16.1 Å². The molecule has 21 heavy (non-hydrogen) atoms. The van der Waals surface area contributed by atoms with Gasteiger partial charge in [-0.1, -0.05) is 11.8 Å². The van der Waals surface area contributed by atoms with Crippen molar-refractivity contribution in [1.29, 1.82) is 0 Å². The summed E-state index contributed by atoms with van der Waals surface area (Å²) in [6, 6.07) is 0.0851. The molecule has 7 nitrogen and oxygen atoms in total. The van der Waals surface area contributed by atoms with E-state index in [-0.39, 0.29) is 23.3 Å². The molecule has 112 valence electrons. The van der Waals surface area contributed by atoms with Crippen LogP contribution >= 0.6 is 11.8 Å². The molecule has 0 spiro atoms. The number of carbonyl (C=O) groups is 1. The first-order valence-electron chi connectivity index (χ1n) is 6.51. The topological polar surface area (TPSA) is 89.8 Å². The molecule has 0 aromatic carbocycles. The summed E-state index contributed by atoms with van der Waals surface area (Å²) in [6.07, 6.45) is 1.48. The fourth-order valence-electron chi connectivity index (χ4n) is 1.75. The van der Waals surface area contributed by atoms with E-state index in [2.05, 4.69) is 20.3 Å². The van der Waals surface area contributed by atoms with Crippen LogP contribution in [0.3, 0.4) is 0 Å². The van der Waals surface area contributed by atoms with E-state index in [0.717, 1.165) is 0 Å². The summed E-state index contributed by atoms with van der Waals surface area (Å²) in [7, 11) is 1.62. The maximum atomic E-state index is 12.2. The summed E-state index contributed by atoms with van der Waals surface area (Å²) in [5, 5.41) is 3.63. The Labute approximate surface area is 126 Å². The molecule has 0 saturated carbocycles. The Kier molecular flexibility index (Phi) is 4.56. The highest BCUT2D eigenvalue weighted by atomic mass is 32.2. The molecule has 8 heteroatoms. The quantitative estimate of drug-likeness (QED) is 0.659. The van der Waals surface area contributed by atoms with Crippen molar-refractivity contribution in [3.05, 3.63) is 22.4 Å². The minimum atomic E-state index is -0.216. The van der Waals surface area contributed by atoms with Gasteiger partial charge in [0.05, 0.1) is 5.75 Å². The fourth-order valence-corrected chi connectivity index (χ4v) is 2.52. The van der Waals surface area contributed by atoms with Crippen molar-refractivity contribution in [3.63, 3.8) is 0 Å². The van der Waals surface area contributed by atoms with Crippen LogP contribution in [-0.2, 0) is 11.8 Å². The molecule has 2 rings (SSSR count). The average molecular weight is 307 g/mol. The van der Waals surface area contributed by atoms with Crippen molar-refractivity contribution in [1.82, 2.24) is 24.8 Å². The SMILES string of the molecule is Cc1ncc2c(=O)n(C)c(SCC(=O)NC(C)C)nc2n1. The predicted molar refractivity (Wildman–Crippen MR) is 81.3 cm³/mol. The van der Waals surface area contributed by atoms with E-state index < -0.39 is 0 Å². The highest BCUT2D eigenvalue weighted by molar-refractivity contribution is 7.99. The molecule has 2 aromatic rings. The third-order valence-corrected chi connectivity index (χ3v) is 3.72. The van der Waals surface area contributed by atoms with Gasteiger partial charge in [-0.2, -0.15) is 0 Å². The summed E-state index contributed by atoms with van der Waals surface area (Å²) in [5.74, 6) is 0.661. The van der Waals surface area contributed by atoms with E-state index in [0.29, 0.717) is 22.0 Å². The number of hydrogen-bond donors (Lipinski definition) is 1. The number of hydrogen-bond acceptors (Lipinski definition) is 6. The smallest absolute Gasteiger partial charge is 0.264 e. The van der Waals surface area contributed by atoms with E-state index in [1.807, 2.05) is 13.8 Å². The number of aromatic nitrogens is 4. The van der Waals surface area contributed by atoms with Gasteiger partial charge >= 0.3 is 0 Å². The van der Waals surface area contributed by atoms with E-state index in [1.54, 1.807) is 14.0 Å². The Morgan fingerprint density at radius 3 is 2.81 bits per heavy atom. The molecular weight excluding hydrogens is 290 g/mol. The molecule has 0 radical (unpaired) electrons. The summed E-state index contributed by atoms with van der Waals surface area (Å²) >= 11 is 1.21. The van der Waals surface area contributed by atoms with Gasteiger partial charge in [0.15, 0.2) is 10.8 Å². The van der Waals surface area contributed by atoms with Crippen LogP contribution in [0.5, 0.6) is 0 Å². The lowest BCUT2D eigenvalue weighted by Gasteiger charge is -2.10. The first-order chi connectivity index (χ1) is 9.88. The van der Waals surface area contributed by atoms with Crippen LogP contribution in [0.1, 0.15) is 19.7 Å². The summed E-state index contributed by atoms with van der Waals surface area (Å²) < 4.78 is 1.41. The molecule has 2 heterocycles. The molecule has 0 atom stereocenters. The van der Waals surface area contributed by atoms with Gasteiger partial charge in [0, 0.05) is 19.3 Å². The number of fused-ring (bicyclic) bond motifs is 1. The highest BCUT2D eigenvalue weighted by Crippen LogP contribution is 2.15. The Hall–Kier alpha value is -1.96. The second-order valence-corrected chi connectivity index (χ2v) is 5.87. The zero-order valence-electron chi connectivity index (χ0n) is 12.4. The van der Waals surface area contributed by atoms with Gasteiger partial charge in [-0.3, -0.25) is 14.2 Å². The zero-order valence-corrected chi connectivity index (χ0v) is 13.2. The number of nitrogens with zero attached hydrogens (tertiary/aromatic N) is 4. The van der Waals surface area contributed by atoms with Gasteiger partial charge in [-0.25, -0.2) is 15.0 Å². The van der Waals surface area contributed by atoms with Gasteiger partial charge in [0.2, 0.25) is 5.91 Å². The molecular formula is C13H17N5O2S. The van der Waals surface area contributed by atoms with Crippen molar-refractivity contribution in [2.75, 3.05) is 5.75 Å². The molecule has 0 aliphatic rings. The number of carbonyl (C=O) groups excluding carboxylic acids is 1. The van der Waals surface area contributed by atoms with Crippen LogP contribution < -0.4 is 10.9 Å². The van der Waals surface area contributed by atoms with Crippen molar-refractivity contribution in [2.24, 2.45) is 7.05 Å². The van der Waals surface area contributed by atoms with Gasteiger partial charge in [-0.05, 0) is 20.8 Å². The second kappa shape index (κ2) is 6.21. The highest BCUT2D eigenvalue weighted by Gasteiger charge is 2.12. The van der Waals surface area contributed by atoms with Crippen molar-refractivity contribution in [3.8, 4) is 0 Å². The molecule has 0 bridgehead atoms. The summed E-state index contributed by atoms with van der Waals surface area (Å²) in [5.41, 5.74) is 0.143. The molecule has 1 amide bonds. The van der Waals surface area contributed by atoms with E-state index in [4.69, 9.17) is 0 Å². The van der Waals surface area contributed by atoms with Crippen molar-refractivity contribution in [2.45, 2.75) is 32.0 Å². The lowest BCUT2D eigenvalue weighted by Crippen LogP contribution is -2.31. The fraction of sp³-hybridized carbons (Fsp3) is 0.462. The Bertz CT molecular complexity index is 741. The third-order valence-electron chi connectivity index (χ3n) is 2.69. The Morgan fingerprint density at radius 2 is 2.14 bits per heavy atom. The van der Waals surface area contributed by atoms with E-state index in [9.17, 15) is 9.59 Å². The van der Waals surface area contributed by atoms with Crippen molar-refractivity contribution < 1.29 is 4.79 Å². The number of rotatable bonds is 4. The molecule has 1 N–H and O–H groups in total. The Balaban J connectivity index is 2.30. The number of thioether (sulfide) groups is 1. The summed E-state index contributed by atoms with van der Waals surface area (Å²) in [6.45, 7) is 5.53. The first kappa shape index (κ1) is 15.4. The lowest BCUT2D eigenvalue weighted by molar-refractivity contribution is -0.119. The van der Waals surface area contributed by atoms with E-state index >= 15 is 0 Å². The molecule has 0 fully saturated rings.